The van der Waals surface area contributed by atoms with Gasteiger partial charge in [0.1, 0.15) is 5.82 Å². The number of aromatic nitrogens is 1. The second kappa shape index (κ2) is 6.02. The van der Waals surface area contributed by atoms with Crippen LogP contribution >= 0.6 is 0 Å². The van der Waals surface area contributed by atoms with Crippen LogP contribution in [-0.2, 0) is 0 Å². The predicted molar refractivity (Wildman–Crippen MR) is 73.6 cm³/mol. The van der Waals surface area contributed by atoms with Gasteiger partial charge < -0.3 is 20.6 Å². The Kier molecular flexibility index (Phi) is 4.38. The van der Waals surface area contributed by atoms with E-state index in [2.05, 4.69) is 21.8 Å². The molecule has 2 heterocycles. The van der Waals surface area contributed by atoms with Gasteiger partial charge in [0.05, 0.1) is 18.5 Å². The number of pyridine rings is 1. The van der Waals surface area contributed by atoms with Gasteiger partial charge >= 0.3 is 0 Å². The van der Waals surface area contributed by atoms with Crippen molar-refractivity contribution in [2.75, 3.05) is 43.9 Å². The molecule has 0 spiro atoms. The number of piperidine rings is 1. The number of nitrogens with zero attached hydrogens (tertiary/aromatic N) is 3. The van der Waals surface area contributed by atoms with Crippen molar-refractivity contribution in [3.63, 3.8) is 0 Å². The van der Waals surface area contributed by atoms with E-state index in [0.717, 1.165) is 38.2 Å². The lowest BCUT2D eigenvalue weighted by molar-refractivity contribution is 0.162. The minimum absolute atomic E-state index is 0.235. The van der Waals surface area contributed by atoms with Gasteiger partial charge in [0.2, 0.25) is 0 Å². The number of aliphatic hydroxyl groups excluding tert-OH is 1. The van der Waals surface area contributed by atoms with Crippen molar-refractivity contribution in [2.24, 2.45) is 0 Å². The van der Waals surface area contributed by atoms with Gasteiger partial charge in [-0.25, -0.2) is 4.98 Å². The molecule has 1 aliphatic heterocycles. The van der Waals surface area contributed by atoms with Gasteiger partial charge in [0.25, 0.3) is 0 Å². The van der Waals surface area contributed by atoms with Gasteiger partial charge in [-0.15, -0.1) is 0 Å². The van der Waals surface area contributed by atoms with Crippen LogP contribution in [0.2, 0.25) is 0 Å². The molecule has 18 heavy (non-hydrogen) atoms. The first-order valence-electron chi connectivity index (χ1n) is 6.48. The molecule has 3 N–H and O–H groups in total. The highest BCUT2D eigenvalue weighted by atomic mass is 16.3. The first kappa shape index (κ1) is 13.1. The topological polar surface area (TPSA) is 65.6 Å². The van der Waals surface area contributed by atoms with Crippen molar-refractivity contribution in [1.82, 2.24) is 9.88 Å². The number of nitrogen functional groups attached to an aromatic ring is 1. The first-order valence-corrected chi connectivity index (χ1v) is 6.48. The third-order valence-electron chi connectivity index (χ3n) is 3.68. The summed E-state index contributed by atoms with van der Waals surface area (Å²) in [4.78, 5) is 8.72. The summed E-state index contributed by atoms with van der Waals surface area (Å²) >= 11 is 0. The average molecular weight is 250 g/mol. The maximum absolute atomic E-state index is 8.95. The molecular formula is C13H22N4O. The molecule has 1 aromatic rings. The zero-order chi connectivity index (χ0) is 13.0. The van der Waals surface area contributed by atoms with E-state index >= 15 is 0 Å². The summed E-state index contributed by atoms with van der Waals surface area (Å²) in [6, 6.07) is 4.45. The molecule has 0 aliphatic carbocycles. The number of likely N-dealkylation sites (N-methyl/N-ethyl adjacent to an activating group) is 1. The lowest BCUT2D eigenvalue weighted by Gasteiger charge is -2.37. The van der Waals surface area contributed by atoms with E-state index in [1.807, 2.05) is 18.3 Å². The van der Waals surface area contributed by atoms with Gasteiger partial charge in [-0.1, -0.05) is 0 Å². The molecule has 100 valence electrons. The first-order chi connectivity index (χ1) is 8.70. The standard InChI is InChI=1S/C13H22N4O/c1-16(8-9-18)11-4-6-17(7-5-11)12-2-3-13(14)15-10-12/h2-3,10-11,18H,4-9H2,1H3,(H2,14,15). The molecule has 0 amide bonds. The third kappa shape index (κ3) is 3.11. The quantitative estimate of drug-likeness (QED) is 0.817. The van der Waals surface area contributed by atoms with E-state index < -0.39 is 0 Å². The van der Waals surface area contributed by atoms with Crippen LogP contribution in [0.4, 0.5) is 11.5 Å². The zero-order valence-corrected chi connectivity index (χ0v) is 10.9. The molecule has 1 fully saturated rings. The van der Waals surface area contributed by atoms with Crippen LogP contribution in [-0.4, -0.2) is 54.3 Å². The van der Waals surface area contributed by atoms with Crippen molar-refractivity contribution < 1.29 is 5.11 Å². The summed E-state index contributed by atoms with van der Waals surface area (Å²) in [5.74, 6) is 0.566. The molecule has 0 radical (unpaired) electrons. The van der Waals surface area contributed by atoms with E-state index in [4.69, 9.17) is 10.8 Å². The number of nitrogens with two attached hydrogens (primary N) is 1. The third-order valence-corrected chi connectivity index (χ3v) is 3.68. The number of hydrogen-bond donors (Lipinski definition) is 2. The summed E-state index contributed by atoms with van der Waals surface area (Å²) in [5.41, 5.74) is 6.74. The van der Waals surface area contributed by atoms with Crippen molar-refractivity contribution in [2.45, 2.75) is 18.9 Å². The Morgan fingerprint density at radius 2 is 2.17 bits per heavy atom. The fourth-order valence-electron chi connectivity index (χ4n) is 2.49. The van der Waals surface area contributed by atoms with Crippen molar-refractivity contribution in [1.29, 1.82) is 0 Å². The summed E-state index contributed by atoms with van der Waals surface area (Å²) in [7, 11) is 2.08. The Balaban J connectivity index is 1.88. The van der Waals surface area contributed by atoms with Crippen LogP contribution in [0.15, 0.2) is 18.3 Å². The highest BCUT2D eigenvalue weighted by Crippen LogP contribution is 2.21. The number of rotatable bonds is 4. The SMILES string of the molecule is CN(CCO)C1CCN(c2ccc(N)nc2)CC1. The van der Waals surface area contributed by atoms with E-state index in [0.29, 0.717) is 11.9 Å². The summed E-state index contributed by atoms with van der Waals surface area (Å²) < 4.78 is 0. The summed E-state index contributed by atoms with van der Waals surface area (Å²) in [6.07, 6.45) is 4.09. The van der Waals surface area contributed by atoms with Crippen molar-refractivity contribution in [3.05, 3.63) is 18.3 Å². The van der Waals surface area contributed by atoms with E-state index in [9.17, 15) is 0 Å². The van der Waals surface area contributed by atoms with Crippen molar-refractivity contribution >= 4 is 11.5 Å². The molecule has 1 aromatic heterocycles. The van der Waals surface area contributed by atoms with Crippen LogP contribution in [0.3, 0.4) is 0 Å². The van der Waals surface area contributed by atoms with Crippen LogP contribution in [0.5, 0.6) is 0 Å². The second-order valence-corrected chi connectivity index (χ2v) is 4.86. The molecular weight excluding hydrogens is 228 g/mol. The summed E-state index contributed by atoms with van der Waals surface area (Å²) in [6.45, 7) is 3.06. The highest BCUT2D eigenvalue weighted by Gasteiger charge is 2.22. The fraction of sp³-hybridized carbons (Fsp3) is 0.615. The number of anilines is 2. The summed E-state index contributed by atoms with van der Waals surface area (Å²) in [5, 5.41) is 8.95. The Hall–Kier alpha value is -1.33. The molecule has 0 unspecified atom stereocenters. The maximum Gasteiger partial charge on any atom is 0.123 e. The zero-order valence-electron chi connectivity index (χ0n) is 10.9. The second-order valence-electron chi connectivity index (χ2n) is 4.86. The normalized spacial score (nSPS) is 17.4. The molecule has 1 aliphatic rings. The van der Waals surface area contributed by atoms with Crippen LogP contribution in [0.1, 0.15) is 12.8 Å². The van der Waals surface area contributed by atoms with Gasteiger partial charge in [0, 0.05) is 25.7 Å². The molecule has 5 nitrogen and oxygen atoms in total. The van der Waals surface area contributed by atoms with Gasteiger partial charge in [-0.2, -0.15) is 0 Å². The molecule has 5 heteroatoms. The highest BCUT2D eigenvalue weighted by molar-refractivity contribution is 5.48. The van der Waals surface area contributed by atoms with E-state index in [1.165, 1.54) is 0 Å². The molecule has 0 atom stereocenters. The number of aliphatic hydroxyl groups is 1. The van der Waals surface area contributed by atoms with Crippen LogP contribution < -0.4 is 10.6 Å². The van der Waals surface area contributed by atoms with Gasteiger partial charge in [0.15, 0.2) is 0 Å². The fourth-order valence-corrected chi connectivity index (χ4v) is 2.49. The maximum atomic E-state index is 8.95. The van der Waals surface area contributed by atoms with E-state index in [1.54, 1.807) is 0 Å². The smallest absolute Gasteiger partial charge is 0.123 e. The molecule has 2 rings (SSSR count). The van der Waals surface area contributed by atoms with Gasteiger partial charge in [-0.05, 0) is 32.0 Å². The van der Waals surface area contributed by atoms with Crippen molar-refractivity contribution in [3.8, 4) is 0 Å². The Bertz CT molecular complexity index is 360. The Labute approximate surface area is 108 Å². The van der Waals surface area contributed by atoms with Crippen LogP contribution in [0, 0.1) is 0 Å². The average Bonchev–Trinajstić information content (AvgIpc) is 2.40. The lowest BCUT2D eigenvalue weighted by atomic mass is 10.0. The minimum atomic E-state index is 0.235. The largest absolute Gasteiger partial charge is 0.395 e. The molecule has 0 bridgehead atoms. The lowest BCUT2D eigenvalue weighted by Crippen LogP contribution is -2.44. The van der Waals surface area contributed by atoms with Crippen LogP contribution in [0.25, 0.3) is 0 Å². The Morgan fingerprint density at radius 3 is 2.72 bits per heavy atom. The van der Waals surface area contributed by atoms with E-state index in [-0.39, 0.29) is 6.61 Å². The molecule has 1 saturated heterocycles. The Morgan fingerprint density at radius 1 is 1.44 bits per heavy atom. The molecule has 0 aromatic carbocycles. The molecule has 0 saturated carbocycles. The predicted octanol–water partition coefficient (Wildman–Crippen LogP) is 0.557. The monoisotopic (exact) mass is 250 g/mol. The number of hydrogen-bond acceptors (Lipinski definition) is 5. The van der Waals surface area contributed by atoms with Gasteiger partial charge in [-0.3, -0.25) is 0 Å². The minimum Gasteiger partial charge on any atom is -0.395 e.